The van der Waals surface area contributed by atoms with Crippen LogP contribution in [-0.2, 0) is 33.4 Å². The molecule has 5 amide bonds. The number of likely N-dealkylation sites (N-methyl/N-ethyl adjacent to an activating group) is 1. The standard InChI is InChI=1S/C43H75N7O7/c1-5-11-35-40(53)49-37(31-12-8-6-7-9-13-31)41(54)47-33(24-45)38(51)48-34(26-56-32-16-14-29(23-44)15-17-32)39(52)46-27(2)25-57-36(28(3)42(55)50(35)4)20-30-21-43(22-30)18-10-19-43/h27-37H,5-26,44-45H2,1-4H3,(H,46,52)(H,47,54)(H,48,51)(H,49,53)/t27-,28-,29-,32+,33+,34+,35+,36-,37+/m1/s1. The molecule has 5 aliphatic rings. The summed E-state index contributed by atoms with van der Waals surface area (Å²) in [5.41, 5.74) is 12.5. The molecule has 0 aromatic heterocycles. The van der Waals surface area contributed by atoms with E-state index in [9.17, 15) is 24.0 Å². The van der Waals surface area contributed by atoms with Crippen LogP contribution in [0.4, 0.5) is 0 Å². The van der Waals surface area contributed by atoms with Gasteiger partial charge in [-0.2, -0.15) is 0 Å². The lowest BCUT2D eigenvalue weighted by Gasteiger charge is -2.55. The Labute approximate surface area is 341 Å². The van der Waals surface area contributed by atoms with Crippen molar-refractivity contribution >= 4 is 29.5 Å². The van der Waals surface area contributed by atoms with Gasteiger partial charge in [0.15, 0.2) is 0 Å². The minimum absolute atomic E-state index is 0.0577. The number of carbonyl (C=O) groups excluding carboxylic acids is 5. The minimum atomic E-state index is -1.16. The largest absolute Gasteiger partial charge is 0.376 e. The Kier molecular flexibility index (Phi) is 17.0. The Hall–Kier alpha value is -2.81. The average Bonchev–Trinajstić information content (AvgIpc) is 3.46. The first-order valence-corrected chi connectivity index (χ1v) is 22.5. The van der Waals surface area contributed by atoms with Crippen molar-refractivity contribution in [3.63, 3.8) is 0 Å². The molecule has 324 valence electrons. The molecule has 14 nitrogen and oxygen atoms in total. The van der Waals surface area contributed by atoms with Crippen LogP contribution in [0.25, 0.3) is 0 Å². The van der Waals surface area contributed by atoms with E-state index in [-0.39, 0.29) is 43.6 Å². The van der Waals surface area contributed by atoms with Crippen LogP contribution in [0, 0.1) is 29.1 Å². The number of nitrogens with two attached hydrogens (primary N) is 2. The molecule has 5 rings (SSSR count). The van der Waals surface area contributed by atoms with E-state index >= 15 is 0 Å². The fourth-order valence-corrected chi connectivity index (χ4v) is 10.2. The van der Waals surface area contributed by atoms with Gasteiger partial charge in [0, 0.05) is 19.6 Å². The highest BCUT2D eigenvalue weighted by atomic mass is 16.5. The van der Waals surface area contributed by atoms with Crippen molar-refractivity contribution in [2.24, 2.45) is 40.6 Å². The maximum atomic E-state index is 14.4. The van der Waals surface area contributed by atoms with Crippen LogP contribution in [0.1, 0.15) is 136 Å². The van der Waals surface area contributed by atoms with E-state index < -0.39 is 60.0 Å². The van der Waals surface area contributed by atoms with E-state index in [0.29, 0.717) is 36.6 Å². The number of nitrogens with one attached hydrogen (secondary N) is 4. The third-order valence-corrected chi connectivity index (χ3v) is 14.1. The summed E-state index contributed by atoms with van der Waals surface area (Å²) >= 11 is 0. The summed E-state index contributed by atoms with van der Waals surface area (Å²) < 4.78 is 12.8. The summed E-state index contributed by atoms with van der Waals surface area (Å²) in [5.74, 6) is -1.93. The Morgan fingerprint density at radius 1 is 0.754 bits per heavy atom. The SMILES string of the molecule is CCC[C@H]1C(=O)N[C@@H](C2CCCCCC2)C(=O)N[C@@H](CN)C(=O)N[C@@H](CO[C@H]2CC[C@@H](CN)CC2)C(=O)N[C@H](C)CO[C@H](CC2CC3(CCC3)C2)[C@@H](C)C(=O)N1C. The highest BCUT2D eigenvalue weighted by Crippen LogP contribution is 2.60. The van der Waals surface area contributed by atoms with Crippen LogP contribution in [0.2, 0.25) is 0 Å². The zero-order valence-corrected chi connectivity index (χ0v) is 35.4. The van der Waals surface area contributed by atoms with Crippen molar-refractivity contribution in [2.45, 2.75) is 179 Å². The Bertz CT molecular complexity index is 1340. The van der Waals surface area contributed by atoms with Crippen molar-refractivity contribution in [3.05, 3.63) is 0 Å². The molecule has 0 bridgehead atoms. The molecule has 1 heterocycles. The zero-order chi connectivity index (χ0) is 41.1. The topological polar surface area (TPSA) is 207 Å². The lowest BCUT2D eigenvalue weighted by atomic mass is 9.51. The quantitative estimate of drug-likeness (QED) is 0.179. The van der Waals surface area contributed by atoms with E-state index in [4.69, 9.17) is 20.9 Å². The van der Waals surface area contributed by atoms with Crippen LogP contribution in [0.15, 0.2) is 0 Å². The smallest absolute Gasteiger partial charge is 0.245 e. The Morgan fingerprint density at radius 2 is 1.40 bits per heavy atom. The molecule has 14 heteroatoms. The van der Waals surface area contributed by atoms with Crippen LogP contribution in [0.3, 0.4) is 0 Å². The van der Waals surface area contributed by atoms with Gasteiger partial charge in [0.2, 0.25) is 29.5 Å². The highest BCUT2D eigenvalue weighted by molar-refractivity contribution is 5.96. The molecule has 1 spiro atoms. The molecular formula is C43H75N7O7. The van der Waals surface area contributed by atoms with Gasteiger partial charge < -0.3 is 47.1 Å². The third kappa shape index (κ3) is 12.1. The summed E-state index contributed by atoms with van der Waals surface area (Å²) in [6.45, 7) is 6.21. The second kappa shape index (κ2) is 21.4. The number of rotatable bonds is 10. The monoisotopic (exact) mass is 802 g/mol. The van der Waals surface area contributed by atoms with Crippen molar-refractivity contribution in [3.8, 4) is 0 Å². The van der Waals surface area contributed by atoms with Gasteiger partial charge in [-0.15, -0.1) is 0 Å². The third-order valence-electron chi connectivity index (χ3n) is 14.1. The second-order valence-corrected chi connectivity index (χ2v) is 18.5. The molecule has 0 radical (unpaired) electrons. The molecule has 8 N–H and O–H groups in total. The molecule has 57 heavy (non-hydrogen) atoms. The van der Waals surface area contributed by atoms with Gasteiger partial charge in [-0.05, 0) is 114 Å². The number of nitrogens with zero attached hydrogens (tertiary/aromatic N) is 1. The summed E-state index contributed by atoms with van der Waals surface area (Å²) in [6.07, 6.45) is 16.3. The lowest BCUT2D eigenvalue weighted by Crippen LogP contribution is -2.62. The predicted molar refractivity (Wildman–Crippen MR) is 218 cm³/mol. The van der Waals surface area contributed by atoms with Crippen LogP contribution in [0.5, 0.6) is 0 Å². The fourth-order valence-electron chi connectivity index (χ4n) is 10.2. The number of hydrogen-bond acceptors (Lipinski definition) is 9. The summed E-state index contributed by atoms with van der Waals surface area (Å²) in [6, 6.07) is -4.41. The number of ether oxygens (including phenoxy) is 2. The van der Waals surface area contributed by atoms with Crippen molar-refractivity contribution < 1.29 is 33.4 Å². The molecule has 1 aliphatic heterocycles. The van der Waals surface area contributed by atoms with E-state index in [1.54, 1.807) is 11.9 Å². The molecular weight excluding hydrogens is 727 g/mol. The first-order chi connectivity index (χ1) is 27.4. The number of amides is 5. The summed E-state index contributed by atoms with van der Waals surface area (Å²) in [7, 11) is 1.68. The maximum absolute atomic E-state index is 14.4. The van der Waals surface area contributed by atoms with Crippen molar-refractivity contribution in [2.75, 3.05) is 33.4 Å². The molecule has 5 fully saturated rings. The molecule has 4 saturated carbocycles. The summed E-state index contributed by atoms with van der Waals surface area (Å²) in [5, 5.41) is 11.8. The maximum Gasteiger partial charge on any atom is 0.245 e. The zero-order valence-electron chi connectivity index (χ0n) is 35.4. The first-order valence-electron chi connectivity index (χ1n) is 22.5. The number of carbonyl (C=O) groups is 5. The highest BCUT2D eigenvalue weighted by Gasteiger charge is 2.49. The van der Waals surface area contributed by atoms with Gasteiger partial charge in [0.1, 0.15) is 24.2 Å². The molecule has 0 unspecified atom stereocenters. The van der Waals surface area contributed by atoms with Gasteiger partial charge in [-0.1, -0.05) is 52.4 Å². The average molecular weight is 802 g/mol. The minimum Gasteiger partial charge on any atom is -0.376 e. The summed E-state index contributed by atoms with van der Waals surface area (Å²) in [4.78, 5) is 72.3. The fraction of sp³-hybridized carbons (Fsp3) is 0.884. The van der Waals surface area contributed by atoms with E-state index in [0.717, 1.165) is 83.5 Å². The molecule has 7 atom stereocenters. The Balaban J connectivity index is 1.41. The predicted octanol–water partition coefficient (Wildman–Crippen LogP) is 3.04. The van der Waals surface area contributed by atoms with Gasteiger partial charge in [0.25, 0.3) is 0 Å². The van der Waals surface area contributed by atoms with E-state index in [2.05, 4.69) is 21.3 Å². The van der Waals surface area contributed by atoms with E-state index in [1.165, 1.54) is 19.3 Å². The Morgan fingerprint density at radius 3 is 2.00 bits per heavy atom. The van der Waals surface area contributed by atoms with Crippen LogP contribution < -0.4 is 32.7 Å². The molecule has 4 aliphatic carbocycles. The second-order valence-electron chi connectivity index (χ2n) is 18.5. The molecule has 1 saturated heterocycles. The molecule has 0 aromatic rings. The van der Waals surface area contributed by atoms with Gasteiger partial charge >= 0.3 is 0 Å². The van der Waals surface area contributed by atoms with Crippen molar-refractivity contribution in [1.29, 1.82) is 0 Å². The van der Waals surface area contributed by atoms with Crippen molar-refractivity contribution in [1.82, 2.24) is 26.2 Å². The van der Waals surface area contributed by atoms with E-state index in [1.807, 2.05) is 20.8 Å². The molecule has 0 aromatic carbocycles. The number of hydrogen-bond donors (Lipinski definition) is 6. The van der Waals surface area contributed by atoms with Crippen LogP contribution in [-0.4, -0.2) is 110 Å². The van der Waals surface area contributed by atoms with Gasteiger partial charge in [-0.3, -0.25) is 24.0 Å². The van der Waals surface area contributed by atoms with Gasteiger partial charge in [-0.25, -0.2) is 0 Å². The first kappa shape index (κ1) is 45.3. The van der Waals surface area contributed by atoms with Gasteiger partial charge in [0.05, 0.1) is 31.3 Å². The normalized spacial score (nSPS) is 34.7. The lowest BCUT2D eigenvalue weighted by molar-refractivity contribution is -0.148. The van der Waals surface area contributed by atoms with Crippen LogP contribution >= 0.6 is 0 Å².